The zero-order chi connectivity index (χ0) is 11.5. The zero-order valence-corrected chi connectivity index (χ0v) is 9.38. The maximum absolute atomic E-state index is 11.3. The Morgan fingerprint density at radius 3 is 2.60 bits per heavy atom. The monoisotopic (exact) mass is 236 g/mol. The maximum atomic E-state index is 11.3. The van der Waals surface area contributed by atoms with Gasteiger partial charge in [0, 0.05) is 12.6 Å². The lowest BCUT2D eigenvalue weighted by molar-refractivity contribution is -0.141. The molecular weight excluding hydrogens is 220 g/mol. The van der Waals surface area contributed by atoms with Gasteiger partial charge in [-0.15, -0.1) is 0 Å². The quantitative estimate of drug-likeness (QED) is 0.610. The van der Waals surface area contributed by atoms with E-state index in [2.05, 4.69) is 9.44 Å². The summed E-state index contributed by atoms with van der Waals surface area (Å²) in [6.45, 7) is 2.01. The van der Waals surface area contributed by atoms with Gasteiger partial charge in [0.15, 0.2) is 0 Å². The molecule has 1 rings (SSSR count). The zero-order valence-electron chi connectivity index (χ0n) is 8.56. The topological polar surface area (TPSA) is 95.5 Å². The first-order valence-corrected chi connectivity index (χ1v) is 6.42. The van der Waals surface area contributed by atoms with Crippen LogP contribution < -0.4 is 9.44 Å². The van der Waals surface area contributed by atoms with E-state index >= 15 is 0 Å². The van der Waals surface area contributed by atoms with Crippen molar-refractivity contribution < 1.29 is 18.3 Å². The smallest absolute Gasteiger partial charge is 0.306 e. The van der Waals surface area contributed by atoms with Gasteiger partial charge in [0.25, 0.3) is 10.2 Å². The van der Waals surface area contributed by atoms with Crippen molar-refractivity contribution in [3.63, 3.8) is 0 Å². The largest absolute Gasteiger partial charge is 0.481 e. The first-order valence-electron chi connectivity index (χ1n) is 4.94. The highest BCUT2D eigenvalue weighted by Gasteiger charge is 2.31. The van der Waals surface area contributed by atoms with Crippen LogP contribution in [0.1, 0.15) is 26.2 Å². The van der Waals surface area contributed by atoms with Crippen molar-refractivity contribution in [2.24, 2.45) is 5.92 Å². The molecule has 0 aromatic rings. The van der Waals surface area contributed by atoms with Gasteiger partial charge in [-0.05, 0) is 19.3 Å². The average molecular weight is 236 g/mol. The second-order valence-electron chi connectivity index (χ2n) is 3.66. The number of hydrogen-bond acceptors (Lipinski definition) is 3. The highest BCUT2D eigenvalue weighted by Crippen LogP contribution is 2.25. The van der Waals surface area contributed by atoms with Crippen LogP contribution >= 0.6 is 0 Å². The molecule has 1 aliphatic rings. The third-order valence-electron chi connectivity index (χ3n) is 2.44. The fourth-order valence-corrected chi connectivity index (χ4v) is 2.88. The van der Waals surface area contributed by atoms with Gasteiger partial charge in [-0.2, -0.15) is 13.1 Å². The SMILES string of the molecule is CCNS(=O)(=O)NC1CCC(C(=O)O)C1. The summed E-state index contributed by atoms with van der Waals surface area (Å²) < 4.78 is 27.3. The molecule has 1 fully saturated rings. The molecule has 2 atom stereocenters. The van der Waals surface area contributed by atoms with E-state index in [0.29, 0.717) is 25.8 Å². The molecule has 0 aromatic heterocycles. The van der Waals surface area contributed by atoms with Gasteiger partial charge in [0.1, 0.15) is 0 Å². The summed E-state index contributed by atoms with van der Waals surface area (Å²) >= 11 is 0. The molecule has 6 nitrogen and oxygen atoms in total. The predicted octanol–water partition coefficient (Wildman–Crippen LogP) is -0.316. The Balaban J connectivity index is 2.46. The van der Waals surface area contributed by atoms with E-state index in [-0.39, 0.29) is 6.04 Å². The summed E-state index contributed by atoms with van der Waals surface area (Å²) in [4.78, 5) is 10.6. The van der Waals surface area contributed by atoms with Gasteiger partial charge in [0.2, 0.25) is 0 Å². The van der Waals surface area contributed by atoms with Gasteiger partial charge in [0.05, 0.1) is 5.92 Å². The van der Waals surface area contributed by atoms with Crippen LogP contribution in [0.3, 0.4) is 0 Å². The summed E-state index contributed by atoms with van der Waals surface area (Å²) in [6, 6.07) is -0.254. The predicted molar refractivity (Wildman–Crippen MR) is 54.5 cm³/mol. The number of carboxylic acids is 1. The van der Waals surface area contributed by atoms with E-state index in [1.807, 2.05) is 0 Å². The van der Waals surface area contributed by atoms with Crippen LogP contribution in [0.15, 0.2) is 0 Å². The lowest BCUT2D eigenvalue weighted by Gasteiger charge is -2.12. The summed E-state index contributed by atoms with van der Waals surface area (Å²) in [7, 11) is -3.46. The lowest BCUT2D eigenvalue weighted by Crippen LogP contribution is -2.41. The van der Waals surface area contributed by atoms with Gasteiger partial charge >= 0.3 is 5.97 Å². The number of carbonyl (C=O) groups is 1. The second-order valence-corrected chi connectivity index (χ2v) is 5.20. The van der Waals surface area contributed by atoms with Crippen molar-refractivity contribution in [1.29, 1.82) is 0 Å². The Bertz CT molecular complexity index is 328. The van der Waals surface area contributed by atoms with Crippen LogP contribution in [0.2, 0.25) is 0 Å². The normalized spacial score (nSPS) is 26.7. The van der Waals surface area contributed by atoms with Crippen molar-refractivity contribution in [3.05, 3.63) is 0 Å². The molecule has 2 unspecified atom stereocenters. The molecule has 1 aliphatic carbocycles. The molecule has 15 heavy (non-hydrogen) atoms. The first-order chi connectivity index (χ1) is 6.94. The van der Waals surface area contributed by atoms with E-state index in [4.69, 9.17) is 5.11 Å². The van der Waals surface area contributed by atoms with E-state index in [0.717, 1.165) is 0 Å². The standard InChI is InChI=1S/C8H16N2O4S/c1-2-9-15(13,14)10-7-4-3-6(5-7)8(11)12/h6-7,9-10H,2-5H2,1H3,(H,11,12). The van der Waals surface area contributed by atoms with Gasteiger partial charge in [-0.1, -0.05) is 6.92 Å². The minimum absolute atomic E-state index is 0.254. The van der Waals surface area contributed by atoms with Gasteiger partial charge in [-0.25, -0.2) is 4.72 Å². The third-order valence-corrected chi connectivity index (χ3v) is 3.75. The Morgan fingerprint density at radius 2 is 2.13 bits per heavy atom. The molecule has 0 radical (unpaired) electrons. The fourth-order valence-electron chi connectivity index (χ4n) is 1.76. The minimum atomic E-state index is -3.46. The van der Waals surface area contributed by atoms with Crippen molar-refractivity contribution in [2.45, 2.75) is 32.2 Å². The minimum Gasteiger partial charge on any atom is -0.481 e. The van der Waals surface area contributed by atoms with E-state index < -0.39 is 22.1 Å². The second kappa shape index (κ2) is 4.91. The van der Waals surface area contributed by atoms with Crippen molar-refractivity contribution in [2.75, 3.05) is 6.54 Å². The van der Waals surface area contributed by atoms with E-state index in [9.17, 15) is 13.2 Å². The molecule has 0 aliphatic heterocycles. The highest BCUT2D eigenvalue weighted by molar-refractivity contribution is 7.87. The van der Waals surface area contributed by atoms with Crippen molar-refractivity contribution >= 4 is 16.2 Å². The van der Waals surface area contributed by atoms with Gasteiger partial charge < -0.3 is 5.11 Å². The molecule has 0 spiro atoms. The average Bonchev–Trinajstić information content (AvgIpc) is 2.51. The number of aliphatic carboxylic acids is 1. The molecule has 0 amide bonds. The molecule has 7 heteroatoms. The van der Waals surface area contributed by atoms with Crippen molar-refractivity contribution in [1.82, 2.24) is 9.44 Å². The lowest BCUT2D eigenvalue weighted by atomic mass is 10.1. The van der Waals surface area contributed by atoms with Crippen LogP contribution in [0, 0.1) is 5.92 Å². The molecular formula is C8H16N2O4S. The Hall–Kier alpha value is -0.660. The Kier molecular flexibility index (Phi) is 4.06. The molecule has 0 heterocycles. The highest BCUT2D eigenvalue weighted by atomic mass is 32.2. The van der Waals surface area contributed by atoms with Crippen LogP contribution in [0.25, 0.3) is 0 Å². The number of hydrogen-bond donors (Lipinski definition) is 3. The number of rotatable bonds is 5. The van der Waals surface area contributed by atoms with Crippen LogP contribution in [0.4, 0.5) is 0 Å². The molecule has 3 N–H and O–H groups in total. The molecule has 0 bridgehead atoms. The Morgan fingerprint density at radius 1 is 1.47 bits per heavy atom. The number of nitrogens with one attached hydrogen (secondary N) is 2. The molecule has 88 valence electrons. The summed E-state index contributed by atoms with van der Waals surface area (Å²) in [5.74, 6) is -1.26. The van der Waals surface area contributed by atoms with Crippen LogP contribution in [-0.4, -0.2) is 32.1 Å². The van der Waals surface area contributed by atoms with E-state index in [1.54, 1.807) is 6.92 Å². The maximum Gasteiger partial charge on any atom is 0.306 e. The third kappa shape index (κ3) is 3.77. The van der Waals surface area contributed by atoms with Crippen molar-refractivity contribution in [3.8, 4) is 0 Å². The molecule has 1 saturated carbocycles. The molecule has 0 aromatic carbocycles. The molecule has 0 saturated heterocycles. The summed E-state index contributed by atoms with van der Waals surface area (Å²) in [5.41, 5.74) is 0. The fraction of sp³-hybridized carbons (Fsp3) is 0.875. The van der Waals surface area contributed by atoms with E-state index in [1.165, 1.54) is 0 Å². The Labute approximate surface area is 89.2 Å². The van der Waals surface area contributed by atoms with Gasteiger partial charge in [-0.3, -0.25) is 4.79 Å². The number of carboxylic acid groups (broad SMARTS) is 1. The first kappa shape index (κ1) is 12.4. The summed E-state index contributed by atoms with van der Waals surface area (Å²) in [5, 5.41) is 8.74. The van der Waals surface area contributed by atoms with Crippen LogP contribution in [0.5, 0.6) is 0 Å². The summed E-state index contributed by atoms with van der Waals surface area (Å²) in [6.07, 6.45) is 1.50. The van der Waals surface area contributed by atoms with Crippen LogP contribution in [-0.2, 0) is 15.0 Å².